The van der Waals surface area contributed by atoms with Crippen molar-refractivity contribution in [3.05, 3.63) is 58.6 Å². The molecule has 1 saturated heterocycles. The van der Waals surface area contributed by atoms with Crippen molar-refractivity contribution >= 4 is 22.0 Å². The molecule has 6 nitrogen and oxygen atoms in total. The Bertz CT molecular complexity index is 750. The van der Waals surface area contributed by atoms with Crippen LogP contribution in [0.15, 0.2) is 53.0 Å². The topological polar surface area (TPSA) is 79.2 Å². The number of ether oxygens (including phenoxy) is 2. The van der Waals surface area contributed by atoms with E-state index in [9.17, 15) is 9.90 Å². The molecule has 1 fully saturated rings. The third kappa shape index (κ3) is 5.37. The molecule has 7 heteroatoms. The van der Waals surface area contributed by atoms with Crippen molar-refractivity contribution in [3.63, 3.8) is 0 Å². The van der Waals surface area contributed by atoms with E-state index >= 15 is 0 Å². The molecule has 1 heterocycles. The molecule has 0 spiro atoms. The minimum atomic E-state index is -0.985. The molecule has 2 atom stereocenters. The quantitative estimate of drug-likeness (QED) is 0.675. The molecular formula is C20H22BrNO5. The molecule has 2 aromatic rings. The number of benzene rings is 2. The number of hydrogen-bond acceptors (Lipinski definition) is 4. The number of carbonyl (C=O) groups is 1. The number of hydrogen-bond donors (Lipinski definition) is 2. The fourth-order valence-electron chi connectivity index (χ4n) is 3.16. The highest BCUT2D eigenvalue weighted by Gasteiger charge is 2.30. The Labute approximate surface area is 166 Å². The van der Waals surface area contributed by atoms with Gasteiger partial charge in [-0.25, -0.2) is 4.79 Å². The van der Waals surface area contributed by atoms with Crippen LogP contribution in [0.2, 0.25) is 0 Å². The largest absolute Gasteiger partial charge is 0.490 e. The number of rotatable bonds is 6. The summed E-state index contributed by atoms with van der Waals surface area (Å²) in [5.41, 5.74) is 0.992. The SMILES string of the molecule is O=C(O)N1CCC(c2ccc(OCCOc3ccc(Br)cc3)cc2)C(O)C1. The molecule has 1 amide bonds. The maximum absolute atomic E-state index is 11.0. The van der Waals surface area contributed by atoms with E-state index in [0.29, 0.717) is 26.2 Å². The Hall–Kier alpha value is -2.25. The Morgan fingerprint density at radius 2 is 1.59 bits per heavy atom. The van der Waals surface area contributed by atoms with E-state index < -0.39 is 12.2 Å². The first-order valence-corrected chi connectivity index (χ1v) is 9.59. The molecule has 0 radical (unpaired) electrons. The van der Waals surface area contributed by atoms with Crippen LogP contribution >= 0.6 is 15.9 Å². The normalized spacial score (nSPS) is 19.6. The van der Waals surface area contributed by atoms with Gasteiger partial charge in [-0.15, -0.1) is 0 Å². The summed E-state index contributed by atoms with van der Waals surface area (Å²) in [6, 6.07) is 15.2. The van der Waals surface area contributed by atoms with E-state index in [1.165, 1.54) is 4.90 Å². The summed E-state index contributed by atoms with van der Waals surface area (Å²) in [6.07, 6.45) is -1.07. The summed E-state index contributed by atoms with van der Waals surface area (Å²) < 4.78 is 12.3. The van der Waals surface area contributed by atoms with Gasteiger partial charge in [-0.1, -0.05) is 28.1 Å². The van der Waals surface area contributed by atoms with E-state index in [2.05, 4.69) is 15.9 Å². The van der Waals surface area contributed by atoms with Gasteiger partial charge in [0.1, 0.15) is 24.7 Å². The van der Waals surface area contributed by atoms with Gasteiger partial charge in [0.25, 0.3) is 0 Å². The molecule has 0 aromatic heterocycles. The summed E-state index contributed by atoms with van der Waals surface area (Å²) in [7, 11) is 0. The van der Waals surface area contributed by atoms with Crippen molar-refractivity contribution in [3.8, 4) is 11.5 Å². The molecule has 144 valence electrons. The smallest absolute Gasteiger partial charge is 0.407 e. The summed E-state index contributed by atoms with van der Waals surface area (Å²) >= 11 is 3.38. The zero-order valence-electron chi connectivity index (χ0n) is 14.8. The predicted octanol–water partition coefficient (Wildman–Crippen LogP) is 3.74. The maximum Gasteiger partial charge on any atom is 0.407 e. The molecular weight excluding hydrogens is 414 g/mol. The molecule has 2 N–H and O–H groups in total. The molecule has 2 aromatic carbocycles. The number of aliphatic hydroxyl groups is 1. The summed E-state index contributed by atoms with van der Waals surface area (Å²) in [6.45, 7) is 1.44. The molecule has 1 aliphatic rings. The third-order valence-corrected chi connectivity index (χ3v) is 5.12. The van der Waals surface area contributed by atoms with Crippen molar-refractivity contribution in [1.29, 1.82) is 0 Å². The Balaban J connectivity index is 1.46. The number of nitrogens with zero attached hydrogens (tertiary/aromatic N) is 1. The summed E-state index contributed by atoms with van der Waals surface area (Å²) in [4.78, 5) is 12.3. The highest BCUT2D eigenvalue weighted by molar-refractivity contribution is 9.10. The zero-order valence-corrected chi connectivity index (χ0v) is 16.3. The lowest BCUT2D eigenvalue weighted by Gasteiger charge is -2.34. The van der Waals surface area contributed by atoms with Crippen molar-refractivity contribution in [2.24, 2.45) is 0 Å². The van der Waals surface area contributed by atoms with Crippen LogP contribution in [0.1, 0.15) is 17.9 Å². The average Bonchev–Trinajstić information content (AvgIpc) is 2.67. The summed E-state index contributed by atoms with van der Waals surface area (Å²) in [5.74, 6) is 1.46. The van der Waals surface area contributed by atoms with E-state index in [1.54, 1.807) is 0 Å². The average molecular weight is 436 g/mol. The van der Waals surface area contributed by atoms with Gasteiger partial charge in [0.2, 0.25) is 0 Å². The van der Waals surface area contributed by atoms with Crippen LogP contribution in [0, 0.1) is 0 Å². The monoisotopic (exact) mass is 435 g/mol. The van der Waals surface area contributed by atoms with Gasteiger partial charge in [-0.3, -0.25) is 0 Å². The Kier molecular flexibility index (Phi) is 6.58. The fourth-order valence-corrected chi connectivity index (χ4v) is 3.42. The van der Waals surface area contributed by atoms with E-state index in [4.69, 9.17) is 14.6 Å². The number of likely N-dealkylation sites (tertiary alicyclic amines) is 1. The first kappa shape index (κ1) is 19.5. The van der Waals surface area contributed by atoms with Crippen molar-refractivity contribution in [2.75, 3.05) is 26.3 Å². The highest BCUT2D eigenvalue weighted by atomic mass is 79.9. The second-order valence-electron chi connectivity index (χ2n) is 6.41. The Morgan fingerprint density at radius 1 is 1.04 bits per heavy atom. The van der Waals surface area contributed by atoms with Crippen LogP contribution in [-0.2, 0) is 0 Å². The first-order chi connectivity index (χ1) is 13.0. The van der Waals surface area contributed by atoms with Crippen LogP contribution < -0.4 is 9.47 Å². The van der Waals surface area contributed by atoms with Gasteiger partial charge < -0.3 is 24.6 Å². The fraction of sp³-hybridized carbons (Fsp3) is 0.350. The lowest BCUT2D eigenvalue weighted by atomic mass is 9.87. The van der Waals surface area contributed by atoms with Crippen LogP contribution in [0.3, 0.4) is 0 Å². The van der Waals surface area contributed by atoms with Gasteiger partial charge in [0, 0.05) is 16.9 Å². The van der Waals surface area contributed by atoms with E-state index in [1.807, 2.05) is 48.5 Å². The second-order valence-corrected chi connectivity index (χ2v) is 7.33. The van der Waals surface area contributed by atoms with Gasteiger partial charge >= 0.3 is 6.09 Å². The van der Waals surface area contributed by atoms with Crippen LogP contribution in [0.5, 0.6) is 11.5 Å². The molecule has 3 rings (SSSR count). The van der Waals surface area contributed by atoms with Gasteiger partial charge in [0.05, 0.1) is 12.6 Å². The highest BCUT2D eigenvalue weighted by Crippen LogP contribution is 2.29. The zero-order chi connectivity index (χ0) is 19.2. The lowest BCUT2D eigenvalue weighted by molar-refractivity contribution is 0.0504. The minimum Gasteiger partial charge on any atom is -0.490 e. The van der Waals surface area contributed by atoms with Crippen LogP contribution in [0.4, 0.5) is 4.79 Å². The predicted molar refractivity (Wildman–Crippen MR) is 105 cm³/mol. The Morgan fingerprint density at radius 3 is 2.11 bits per heavy atom. The van der Waals surface area contributed by atoms with Crippen molar-refractivity contribution in [2.45, 2.75) is 18.4 Å². The maximum atomic E-state index is 11.0. The molecule has 27 heavy (non-hydrogen) atoms. The van der Waals surface area contributed by atoms with Gasteiger partial charge in [-0.05, 0) is 48.4 Å². The standard InChI is InChI=1S/C20H22BrNO5/c21-15-3-7-17(8-4-15)27-12-11-26-16-5-1-14(2-6-16)18-9-10-22(20(24)25)13-19(18)23/h1-8,18-19,23H,9-13H2,(H,24,25). The van der Waals surface area contributed by atoms with Gasteiger partial charge in [-0.2, -0.15) is 0 Å². The molecule has 1 aliphatic heterocycles. The van der Waals surface area contributed by atoms with Crippen LogP contribution in [-0.4, -0.2) is 53.6 Å². The molecule has 0 bridgehead atoms. The lowest BCUT2D eigenvalue weighted by Crippen LogP contribution is -2.45. The van der Waals surface area contributed by atoms with Crippen LogP contribution in [0.25, 0.3) is 0 Å². The summed E-state index contributed by atoms with van der Waals surface area (Å²) in [5, 5.41) is 19.3. The molecule has 0 saturated carbocycles. The van der Waals surface area contributed by atoms with E-state index in [0.717, 1.165) is 21.5 Å². The number of halogens is 1. The second kappa shape index (κ2) is 9.10. The number of aliphatic hydroxyl groups excluding tert-OH is 1. The van der Waals surface area contributed by atoms with E-state index in [-0.39, 0.29) is 12.5 Å². The third-order valence-electron chi connectivity index (χ3n) is 4.60. The molecule has 0 aliphatic carbocycles. The molecule has 2 unspecified atom stereocenters. The van der Waals surface area contributed by atoms with Crippen molar-refractivity contribution < 1.29 is 24.5 Å². The number of piperidine rings is 1. The minimum absolute atomic E-state index is 0.0598. The number of β-amino-alcohol motifs (C(OH)–C–C–N with tert-alkyl or cyclic N) is 1. The first-order valence-electron chi connectivity index (χ1n) is 8.80. The number of carboxylic acid groups (broad SMARTS) is 1. The van der Waals surface area contributed by atoms with Gasteiger partial charge in [0.15, 0.2) is 0 Å². The number of amides is 1. The van der Waals surface area contributed by atoms with Crippen molar-refractivity contribution in [1.82, 2.24) is 4.90 Å².